The molecule has 238 valence electrons. The van der Waals surface area contributed by atoms with Crippen LogP contribution in [0.15, 0.2) is 42.5 Å². The van der Waals surface area contributed by atoms with Crippen LogP contribution in [0.25, 0.3) is 10.9 Å². The Morgan fingerprint density at radius 3 is 2.20 bits per heavy atom. The number of carbonyl (C=O) groups excluding carboxylic acids is 3. The Kier molecular flexibility index (Phi) is 13.0. The van der Waals surface area contributed by atoms with Crippen LogP contribution in [0.2, 0.25) is 5.02 Å². The smallest absolute Gasteiger partial charge is 0.314 e. The van der Waals surface area contributed by atoms with E-state index in [1.165, 1.54) is 6.92 Å². The number of urea groups is 1. The van der Waals surface area contributed by atoms with E-state index in [9.17, 15) is 19.2 Å². The van der Waals surface area contributed by atoms with Gasteiger partial charge in [-0.3, -0.25) is 19.0 Å². The number of primary amides is 1. The molecule has 0 spiro atoms. The van der Waals surface area contributed by atoms with E-state index in [1.54, 1.807) is 51.8 Å². The van der Waals surface area contributed by atoms with Crippen molar-refractivity contribution in [1.29, 1.82) is 0 Å². The first-order chi connectivity index (χ1) is 21.0. The molecule has 1 fully saturated rings. The van der Waals surface area contributed by atoms with Crippen molar-refractivity contribution in [2.75, 3.05) is 44.9 Å². The third kappa shape index (κ3) is 9.20. The van der Waals surface area contributed by atoms with E-state index in [-0.39, 0.29) is 24.3 Å². The summed E-state index contributed by atoms with van der Waals surface area (Å²) in [4.78, 5) is 50.7. The topological polar surface area (TPSA) is 144 Å². The summed E-state index contributed by atoms with van der Waals surface area (Å²) in [6, 6.07) is 11.9. The number of methoxy groups -OCH3 is 1. The van der Waals surface area contributed by atoms with E-state index in [1.807, 2.05) is 19.1 Å². The Labute approximate surface area is 262 Å². The van der Waals surface area contributed by atoms with Crippen LogP contribution in [0.1, 0.15) is 61.5 Å². The first kappa shape index (κ1) is 34.4. The Balaban J connectivity index is 0.000000502. The fourth-order valence-corrected chi connectivity index (χ4v) is 5.25. The monoisotopic (exact) mass is 628 g/mol. The number of rotatable bonds is 11. The second-order valence-corrected chi connectivity index (χ2v) is 10.9. The fourth-order valence-electron chi connectivity index (χ4n) is 5.12. The van der Waals surface area contributed by atoms with Crippen LogP contribution in [-0.2, 0) is 14.3 Å². The van der Waals surface area contributed by atoms with Crippen molar-refractivity contribution < 1.29 is 33.8 Å². The average Bonchev–Trinajstić information content (AvgIpc) is 3.29. The molecule has 1 saturated heterocycles. The lowest BCUT2D eigenvalue weighted by Crippen LogP contribution is -2.43. The van der Waals surface area contributed by atoms with Gasteiger partial charge in [0.05, 0.1) is 31.5 Å². The average molecular weight is 629 g/mol. The molecule has 1 aliphatic rings. The number of carboxylic acid groups (broad SMARTS) is 1. The first-order valence-corrected chi connectivity index (χ1v) is 15.0. The zero-order valence-electron chi connectivity index (χ0n) is 25.5. The van der Waals surface area contributed by atoms with Crippen LogP contribution in [0, 0.1) is 6.92 Å². The number of hydrogen-bond acceptors (Lipinski definition) is 6. The number of nitrogens with two attached hydrogens (primary N) is 1. The maximum atomic E-state index is 13.5. The van der Waals surface area contributed by atoms with Crippen molar-refractivity contribution in [1.82, 2.24) is 9.47 Å². The highest BCUT2D eigenvalue weighted by molar-refractivity contribution is 6.30. The molecule has 2 aromatic carbocycles. The molecule has 1 aromatic heterocycles. The molecular weight excluding hydrogens is 588 g/mol. The van der Waals surface area contributed by atoms with Crippen LogP contribution in [0.5, 0.6) is 5.75 Å². The summed E-state index contributed by atoms with van der Waals surface area (Å²) in [7, 11) is 1.58. The summed E-state index contributed by atoms with van der Waals surface area (Å²) in [6.45, 7) is 6.37. The van der Waals surface area contributed by atoms with Gasteiger partial charge in [-0.15, -0.1) is 0 Å². The van der Waals surface area contributed by atoms with Gasteiger partial charge in [0.1, 0.15) is 5.75 Å². The normalized spacial score (nSPS) is 12.8. The van der Waals surface area contributed by atoms with Gasteiger partial charge in [0.2, 0.25) is 5.91 Å². The number of anilines is 1. The summed E-state index contributed by atoms with van der Waals surface area (Å²) in [5, 5.41) is 10.1. The lowest BCUT2D eigenvalue weighted by Gasteiger charge is -2.24. The molecule has 2 heterocycles. The molecule has 12 heteroatoms. The van der Waals surface area contributed by atoms with E-state index in [4.69, 9.17) is 31.9 Å². The zero-order valence-corrected chi connectivity index (χ0v) is 26.3. The number of aromatic nitrogens is 1. The zero-order chi connectivity index (χ0) is 32.2. The standard InChI is InChI=1S/C27H31ClN2O5.C5H10N2O2/c1-18-26(29(19(2)31)16-8-6-4-5-7-9-25(32)33)23-17-22(35-3)14-15-24(23)30(18)27(34)20-10-12-21(28)13-11-20;6-5(8)7-1-3-9-4-2-7/h10-15,17H,4-9,16H2,1-3H3,(H,32,33);1-4H2,(H2,6,8). The molecule has 0 unspecified atom stereocenters. The molecule has 0 saturated carbocycles. The minimum atomic E-state index is -0.775. The largest absolute Gasteiger partial charge is 0.497 e. The molecule has 11 nitrogen and oxygen atoms in total. The molecule has 3 amide bonds. The van der Waals surface area contributed by atoms with E-state index in [0.29, 0.717) is 72.5 Å². The van der Waals surface area contributed by atoms with Crippen molar-refractivity contribution in [3.8, 4) is 5.75 Å². The Morgan fingerprint density at radius 1 is 1.00 bits per heavy atom. The molecule has 3 aromatic rings. The minimum Gasteiger partial charge on any atom is -0.497 e. The summed E-state index contributed by atoms with van der Waals surface area (Å²) in [5.41, 5.74) is 7.55. The number of carbonyl (C=O) groups is 4. The van der Waals surface area contributed by atoms with Crippen LogP contribution in [0.3, 0.4) is 0 Å². The van der Waals surface area contributed by atoms with Crippen molar-refractivity contribution >= 4 is 52.0 Å². The number of nitrogens with zero attached hydrogens (tertiary/aromatic N) is 3. The molecule has 0 aliphatic carbocycles. The highest BCUT2D eigenvalue weighted by atomic mass is 35.5. The lowest BCUT2D eigenvalue weighted by atomic mass is 10.1. The molecule has 0 bridgehead atoms. The number of aliphatic carboxylic acids is 1. The number of ether oxygens (including phenoxy) is 2. The first-order valence-electron chi connectivity index (χ1n) is 14.7. The van der Waals surface area contributed by atoms with E-state index >= 15 is 0 Å². The second kappa shape index (κ2) is 16.7. The number of unbranched alkanes of at least 4 members (excludes halogenated alkanes) is 4. The molecule has 0 radical (unpaired) electrons. The van der Waals surface area contributed by atoms with Crippen molar-refractivity contribution in [3.63, 3.8) is 0 Å². The van der Waals surface area contributed by atoms with Gasteiger partial charge in [-0.25, -0.2) is 4.79 Å². The van der Waals surface area contributed by atoms with E-state index in [2.05, 4.69) is 0 Å². The molecule has 3 N–H and O–H groups in total. The maximum absolute atomic E-state index is 13.5. The van der Waals surface area contributed by atoms with Crippen LogP contribution < -0.4 is 15.4 Å². The number of morpholine rings is 1. The van der Waals surface area contributed by atoms with Gasteiger partial charge in [-0.1, -0.05) is 30.9 Å². The molecule has 4 rings (SSSR count). The summed E-state index contributed by atoms with van der Waals surface area (Å²) < 4.78 is 12.1. The number of halogens is 1. The lowest BCUT2D eigenvalue weighted by molar-refractivity contribution is -0.137. The highest BCUT2D eigenvalue weighted by Crippen LogP contribution is 2.37. The van der Waals surface area contributed by atoms with Gasteiger partial charge in [-0.2, -0.15) is 0 Å². The number of amides is 3. The Hall–Kier alpha value is -4.09. The molecule has 1 aliphatic heterocycles. The van der Waals surface area contributed by atoms with Gasteiger partial charge in [0, 0.05) is 54.6 Å². The van der Waals surface area contributed by atoms with Crippen LogP contribution >= 0.6 is 11.6 Å². The quantitative estimate of drug-likeness (QED) is 0.268. The summed E-state index contributed by atoms with van der Waals surface area (Å²) >= 11 is 6.00. The van der Waals surface area contributed by atoms with Gasteiger partial charge >= 0.3 is 12.0 Å². The van der Waals surface area contributed by atoms with E-state index < -0.39 is 5.97 Å². The second-order valence-electron chi connectivity index (χ2n) is 10.5. The van der Waals surface area contributed by atoms with Crippen LogP contribution in [-0.4, -0.2) is 78.3 Å². The predicted octanol–water partition coefficient (Wildman–Crippen LogP) is 5.48. The number of fused-ring (bicyclic) bond motifs is 1. The fraction of sp³-hybridized carbons (Fsp3) is 0.438. The van der Waals surface area contributed by atoms with Gasteiger partial charge in [0.15, 0.2) is 0 Å². The number of carboxylic acids is 1. The van der Waals surface area contributed by atoms with Crippen LogP contribution in [0.4, 0.5) is 10.5 Å². The molecule has 44 heavy (non-hydrogen) atoms. The van der Waals surface area contributed by atoms with Crippen molar-refractivity contribution in [2.24, 2.45) is 5.73 Å². The predicted molar refractivity (Wildman–Crippen MR) is 170 cm³/mol. The van der Waals surface area contributed by atoms with Crippen molar-refractivity contribution in [3.05, 3.63) is 58.7 Å². The SMILES string of the molecule is COc1ccc2c(c1)c(N(CCCCCCCC(=O)O)C(C)=O)c(C)n2C(=O)c1ccc(Cl)cc1.NC(=O)N1CCOCC1. The summed E-state index contributed by atoms with van der Waals surface area (Å²) in [6.07, 6.45) is 4.24. The molecule has 0 atom stereocenters. The third-order valence-corrected chi connectivity index (χ3v) is 7.67. The maximum Gasteiger partial charge on any atom is 0.314 e. The molecular formula is C32H41ClN4O7. The summed E-state index contributed by atoms with van der Waals surface area (Å²) in [5.74, 6) is -0.456. The van der Waals surface area contributed by atoms with Gasteiger partial charge in [0.25, 0.3) is 5.91 Å². The Morgan fingerprint density at radius 2 is 1.64 bits per heavy atom. The van der Waals surface area contributed by atoms with Gasteiger partial charge in [-0.05, 0) is 62.2 Å². The minimum absolute atomic E-state index is 0.111. The number of benzene rings is 2. The Bertz CT molecular complexity index is 1450. The van der Waals surface area contributed by atoms with Gasteiger partial charge < -0.3 is 30.1 Å². The van der Waals surface area contributed by atoms with Crippen molar-refractivity contribution in [2.45, 2.75) is 52.4 Å². The highest BCUT2D eigenvalue weighted by Gasteiger charge is 2.25. The number of hydrogen-bond donors (Lipinski definition) is 2. The third-order valence-electron chi connectivity index (χ3n) is 7.42. The van der Waals surface area contributed by atoms with E-state index in [0.717, 1.165) is 31.1 Å².